The number of methoxy groups -OCH3 is 1. The maximum absolute atomic E-state index is 14.3. The molecular weight excluding hydrogens is 323 g/mol. The average Bonchev–Trinajstić information content (AvgIpc) is 3.01. The third-order valence-corrected chi connectivity index (χ3v) is 5.01. The molecule has 138 valence electrons. The number of hydrogen-bond acceptors (Lipinski definition) is 4. The van der Waals surface area contributed by atoms with E-state index in [0.717, 1.165) is 32.5 Å². The Balaban J connectivity index is 1.69. The van der Waals surface area contributed by atoms with E-state index in [1.54, 1.807) is 6.07 Å². The van der Waals surface area contributed by atoms with Crippen molar-refractivity contribution in [1.82, 2.24) is 9.80 Å². The molecule has 2 fully saturated rings. The zero-order valence-corrected chi connectivity index (χ0v) is 15.2. The van der Waals surface area contributed by atoms with Crippen LogP contribution in [0.15, 0.2) is 18.2 Å². The third kappa shape index (κ3) is 4.12. The minimum absolute atomic E-state index is 0.122. The van der Waals surface area contributed by atoms with Crippen LogP contribution >= 0.6 is 0 Å². The summed E-state index contributed by atoms with van der Waals surface area (Å²) in [4.78, 5) is 17.0. The minimum Gasteiger partial charge on any atom is -0.497 e. The van der Waals surface area contributed by atoms with Crippen molar-refractivity contribution in [2.24, 2.45) is 0 Å². The Kier molecular flexibility index (Phi) is 5.59. The van der Waals surface area contributed by atoms with Crippen molar-refractivity contribution >= 4 is 5.91 Å². The molecule has 25 heavy (non-hydrogen) atoms. The van der Waals surface area contributed by atoms with E-state index in [1.807, 2.05) is 4.90 Å². The molecule has 2 saturated heterocycles. The van der Waals surface area contributed by atoms with Gasteiger partial charge in [-0.1, -0.05) is 0 Å². The number of nitrogens with zero attached hydrogens (tertiary/aromatic N) is 2. The van der Waals surface area contributed by atoms with Crippen molar-refractivity contribution in [3.63, 3.8) is 0 Å². The van der Waals surface area contributed by atoms with Gasteiger partial charge in [0.05, 0.1) is 24.9 Å². The SMILES string of the molecule is COc1ccc(C(=O)N2CCCC2CN2CC(C)OC(C)C2)c(F)c1. The van der Waals surface area contributed by atoms with Crippen LogP contribution in [0, 0.1) is 5.82 Å². The van der Waals surface area contributed by atoms with Crippen LogP contribution in [0.5, 0.6) is 5.75 Å². The van der Waals surface area contributed by atoms with Crippen LogP contribution in [-0.4, -0.2) is 67.2 Å². The molecule has 3 rings (SSSR count). The second-order valence-electron chi connectivity index (χ2n) is 7.12. The number of amides is 1. The fourth-order valence-electron chi connectivity index (χ4n) is 3.98. The molecule has 1 amide bonds. The fourth-order valence-corrected chi connectivity index (χ4v) is 3.98. The second-order valence-corrected chi connectivity index (χ2v) is 7.12. The Morgan fingerprint density at radius 2 is 2.04 bits per heavy atom. The van der Waals surface area contributed by atoms with E-state index in [4.69, 9.17) is 9.47 Å². The first-order valence-corrected chi connectivity index (χ1v) is 9.00. The molecule has 0 bridgehead atoms. The van der Waals surface area contributed by atoms with Gasteiger partial charge in [-0.15, -0.1) is 0 Å². The highest BCUT2D eigenvalue weighted by Crippen LogP contribution is 2.25. The predicted molar refractivity (Wildman–Crippen MR) is 93.5 cm³/mol. The largest absolute Gasteiger partial charge is 0.497 e. The van der Waals surface area contributed by atoms with Crippen molar-refractivity contribution in [2.45, 2.75) is 44.9 Å². The van der Waals surface area contributed by atoms with Crippen molar-refractivity contribution in [3.05, 3.63) is 29.6 Å². The highest BCUT2D eigenvalue weighted by Gasteiger charge is 2.33. The number of rotatable bonds is 4. The summed E-state index contributed by atoms with van der Waals surface area (Å²) in [5.74, 6) is -0.330. The van der Waals surface area contributed by atoms with Crippen molar-refractivity contribution < 1.29 is 18.7 Å². The van der Waals surface area contributed by atoms with Gasteiger partial charge >= 0.3 is 0 Å². The van der Waals surface area contributed by atoms with Crippen molar-refractivity contribution in [3.8, 4) is 5.75 Å². The molecule has 1 aromatic rings. The van der Waals surface area contributed by atoms with E-state index >= 15 is 0 Å². The van der Waals surface area contributed by atoms with Crippen LogP contribution in [-0.2, 0) is 4.74 Å². The zero-order valence-electron chi connectivity index (χ0n) is 15.2. The molecule has 2 aliphatic heterocycles. The number of halogens is 1. The van der Waals surface area contributed by atoms with Crippen LogP contribution in [0.3, 0.4) is 0 Å². The Morgan fingerprint density at radius 3 is 2.68 bits per heavy atom. The number of hydrogen-bond donors (Lipinski definition) is 0. The molecule has 3 atom stereocenters. The van der Waals surface area contributed by atoms with Gasteiger partial charge in [0.25, 0.3) is 5.91 Å². The first kappa shape index (κ1) is 18.1. The topological polar surface area (TPSA) is 42.0 Å². The maximum Gasteiger partial charge on any atom is 0.257 e. The standard InChI is InChI=1S/C19H27FN2O3/c1-13-10-21(11-14(2)25-13)12-15-5-4-8-22(15)19(23)17-7-6-16(24-3)9-18(17)20/h6-7,9,13-15H,4-5,8,10-12H2,1-3H3. The Labute approximate surface area is 148 Å². The smallest absolute Gasteiger partial charge is 0.257 e. The lowest BCUT2D eigenvalue weighted by atomic mass is 10.1. The van der Waals surface area contributed by atoms with Crippen LogP contribution in [0.4, 0.5) is 4.39 Å². The summed E-state index contributed by atoms with van der Waals surface area (Å²) in [5.41, 5.74) is 0.122. The average molecular weight is 350 g/mol. The fraction of sp³-hybridized carbons (Fsp3) is 0.632. The maximum atomic E-state index is 14.3. The second kappa shape index (κ2) is 7.70. The molecule has 3 unspecified atom stereocenters. The van der Waals surface area contributed by atoms with Gasteiger partial charge in [-0.2, -0.15) is 0 Å². The van der Waals surface area contributed by atoms with Crippen LogP contribution in [0.1, 0.15) is 37.0 Å². The minimum atomic E-state index is -0.524. The van der Waals surface area contributed by atoms with Gasteiger partial charge in [0.15, 0.2) is 0 Å². The quantitative estimate of drug-likeness (QED) is 0.837. The van der Waals surface area contributed by atoms with Crippen molar-refractivity contribution in [2.75, 3.05) is 33.3 Å². The van der Waals surface area contributed by atoms with Crippen LogP contribution < -0.4 is 4.74 Å². The van der Waals surface area contributed by atoms with Gasteiger partial charge in [0.1, 0.15) is 11.6 Å². The zero-order chi connectivity index (χ0) is 18.0. The normalized spacial score (nSPS) is 27.5. The lowest BCUT2D eigenvalue weighted by Crippen LogP contribution is -2.51. The van der Waals surface area contributed by atoms with Crippen LogP contribution in [0.25, 0.3) is 0 Å². The molecule has 0 saturated carbocycles. The summed E-state index contributed by atoms with van der Waals surface area (Å²) in [6.45, 7) is 7.41. The molecule has 0 radical (unpaired) electrons. The molecule has 2 heterocycles. The highest BCUT2D eigenvalue weighted by molar-refractivity contribution is 5.95. The lowest BCUT2D eigenvalue weighted by molar-refractivity contribution is -0.0715. The number of carbonyl (C=O) groups is 1. The third-order valence-electron chi connectivity index (χ3n) is 5.01. The molecule has 1 aromatic carbocycles. The molecule has 0 spiro atoms. The first-order chi connectivity index (χ1) is 12.0. The summed E-state index contributed by atoms with van der Waals surface area (Å²) in [6.07, 6.45) is 2.33. The Morgan fingerprint density at radius 1 is 1.32 bits per heavy atom. The van der Waals surface area contributed by atoms with Gasteiger partial charge in [-0.3, -0.25) is 9.69 Å². The monoisotopic (exact) mass is 350 g/mol. The summed E-state index contributed by atoms with van der Waals surface area (Å²) in [6, 6.07) is 4.55. The lowest BCUT2D eigenvalue weighted by Gasteiger charge is -2.38. The number of carbonyl (C=O) groups excluding carboxylic acids is 1. The van der Waals surface area contributed by atoms with Gasteiger partial charge < -0.3 is 14.4 Å². The van der Waals surface area contributed by atoms with Gasteiger partial charge in [-0.25, -0.2) is 4.39 Å². The molecule has 0 aromatic heterocycles. The van der Waals surface area contributed by atoms with Gasteiger partial charge in [0, 0.05) is 38.3 Å². The molecule has 0 N–H and O–H groups in total. The predicted octanol–water partition coefficient (Wildman–Crippen LogP) is 2.55. The van der Waals surface area contributed by atoms with E-state index in [2.05, 4.69) is 18.7 Å². The van der Waals surface area contributed by atoms with E-state index in [1.165, 1.54) is 19.2 Å². The highest BCUT2D eigenvalue weighted by atomic mass is 19.1. The van der Waals surface area contributed by atoms with Gasteiger partial charge in [0.2, 0.25) is 0 Å². The van der Waals surface area contributed by atoms with Crippen molar-refractivity contribution in [1.29, 1.82) is 0 Å². The van der Waals surface area contributed by atoms with E-state index < -0.39 is 5.82 Å². The number of benzene rings is 1. The molecule has 6 heteroatoms. The molecule has 5 nitrogen and oxygen atoms in total. The molecule has 0 aliphatic carbocycles. The number of likely N-dealkylation sites (tertiary alicyclic amines) is 1. The van der Waals surface area contributed by atoms with E-state index in [0.29, 0.717) is 12.3 Å². The van der Waals surface area contributed by atoms with E-state index in [-0.39, 0.29) is 29.7 Å². The number of ether oxygens (including phenoxy) is 2. The summed E-state index contributed by atoms with van der Waals surface area (Å²) in [5, 5.41) is 0. The summed E-state index contributed by atoms with van der Waals surface area (Å²) < 4.78 is 25.1. The Bertz CT molecular complexity index is 615. The van der Waals surface area contributed by atoms with Gasteiger partial charge in [-0.05, 0) is 38.8 Å². The summed E-state index contributed by atoms with van der Waals surface area (Å²) >= 11 is 0. The molecular formula is C19H27FN2O3. The van der Waals surface area contributed by atoms with E-state index in [9.17, 15) is 9.18 Å². The first-order valence-electron chi connectivity index (χ1n) is 9.00. The Hall–Kier alpha value is -1.66. The van der Waals surface area contributed by atoms with Crippen LogP contribution in [0.2, 0.25) is 0 Å². The summed E-state index contributed by atoms with van der Waals surface area (Å²) in [7, 11) is 1.48. The number of morpholine rings is 1. The molecule has 2 aliphatic rings.